The maximum absolute atomic E-state index is 12.6. The molecule has 0 bridgehead atoms. The molecule has 1 amide bonds. The maximum atomic E-state index is 12.6. The van der Waals surface area contributed by atoms with Gasteiger partial charge in [-0.05, 0) is 29.5 Å². The smallest absolute Gasteiger partial charge is 0.342 e. The minimum Gasteiger partial charge on any atom is -0.452 e. The number of benzene rings is 1. The largest absolute Gasteiger partial charge is 0.452 e. The van der Waals surface area contributed by atoms with Gasteiger partial charge in [0.25, 0.3) is 5.91 Å². The van der Waals surface area contributed by atoms with Crippen LogP contribution >= 0.6 is 11.3 Å². The van der Waals surface area contributed by atoms with Crippen LogP contribution < -0.4 is 5.32 Å². The maximum Gasteiger partial charge on any atom is 0.342 e. The molecule has 0 radical (unpaired) electrons. The quantitative estimate of drug-likeness (QED) is 0.634. The Morgan fingerprint density at radius 2 is 1.96 bits per heavy atom. The van der Waals surface area contributed by atoms with Crippen molar-refractivity contribution in [2.24, 2.45) is 5.92 Å². The van der Waals surface area contributed by atoms with Crippen LogP contribution in [0.2, 0.25) is 0 Å². The van der Waals surface area contributed by atoms with E-state index in [1.165, 1.54) is 11.3 Å². The van der Waals surface area contributed by atoms with Crippen LogP contribution in [0.1, 0.15) is 24.2 Å². The lowest BCUT2D eigenvalue weighted by molar-refractivity contribution is -0.124. The normalized spacial score (nSPS) is 10.8. The predicted octanol–water partition coefficient (Wildman–Crippen LogP) is 3.53. The number of amides is 1. The summed E-state index contributed by atoms with van der Waals surface area (Å²) in [5, 5.41) is 9.21. The van der Waals surface area contributed by atoms with Crippen LogP contribution in [-0.2, 0) is 9.53 Å². The molecule has 0 saturated heterocycles. The van der Waals surface area contributed by atoms with Crippen molar-refractivity contribution in [3.63, 3.8) is 0 Å². The molecule has 1 aromatic carbocycles. The number of thiophene rings is 1. The highest BCUT2D eigenvalue weighted by molar-refractivity contribution is 7.13. The van der Waals surface area contributed by atoms with E-state index in [1.54, 1.807) is 10.9 Å². The van der Waals surface area contributed by atoms with E-state index in [2.05, 4.69) is 10.4 Å². The van der Waals surface area contributed by atoms with E-state index in [1.807, 2.05) is 61.7 Å². The first kappa shape index (κ1) is 18.8. The van der Waals surface area contributed by atoms with Crippen molar-refractivity contribution in [2.45, 2.75) is 13.8 Å². The third-order valence-corrected chi connectivity index (χ3v) is 4.63. The summed E-state index contributed by atoms with van der Waals surface area (Å²) in [5.74, 6) is -0.551. The summed E-state index contributed by atoms with van der Waals surface area (Å²) in [6, 6.07) is 13.3. The molecule has 2 heterocycles. The molecule has 0 unspecified atom stereocenters. The molecular formula is C20H21N3O3S. The molecule has 3 rings (SSSR count). The van der Waals surface area contributed by atoms with Crippen LogP contribution in [0.5, 0.6) is 0 Å². The van der Waals surface area contributed by atoms with Gasteiger partial charge in [0.05, 0.1) is 10.6 Å². The highest BCUT2D eigenvalue weighted by Gasteiger charge is 2.21. The van der Waals surface area contributed by atoms with Crippen LogP contribution in [0.15, 0.2) is 54.0 Å². The molecule has 0 aliphatic rings. The van der Waals surface area contributed by atoms with Gasteiger partial charge in [0, 0.05) is 12.7 Å². The average molecular weight is 383 g/mol. The van der Waals surface area contributed by atoms with E-state index < -0.39 is 5.97 Å². The number of esters is 1. The van der Waals surface area contributed by atoms with E-state index in [-0.39, 0.29) is 12.5 Å². The van der Waals surface area contributed by atoms with Crippen molar-refractivity contribution < 1.29 is 14.3 Å². The zero-order valence-corrected chi connectivity index (χ0v) is 16.0. The Morgan fingerprint density at radius 1 is 1.19 bits per heavy atom. The fourth-order valence-corrected chi connectivity index (χ4v) is 3.13. The van der Waals surface area contributed by atoms with Crippen molar-refractivity contribution in [3.8, 4) is 16.3 Å². The van der Waals surface area contributed by atoms with E-state index in [4.69, 9.17) is 4.74 Å². The Kier molecular flexibility index (Phi) is 6.03. The minimum absolute atomic E-state index is 0.314. The summed E-state index contributed by atoms with van der Waals surface area (Å²) in [7, 11) is 0. The van der Waals surface area contributed by atoms with Gasteiger partial charge in [-0.25, -0.2) is 9.48 Å². The zero-order chi connectivity index (χ0) is 19.2. The van der Waals surface area contributed by atoms with Crippen molar-refractivity contribution >= 4 is 23.2 Å². The Balaban J connectivity index is 1.80. The van der Waals surface area contributed by atoms with Crippen LogP contribution in [0.25, 0.3) is 16.3 Å². The van der Waals surface area contributed by atoms with Crippen LogP contribution in [-0.4, -0.2) is 34.8 Å². The molecular weight excluding hydrogens is 362 g/mol. The molecule has 7 heteroatoms. The molecule has 1 N–H and O–H groups in total. The molecule has 2 aromatic heterocycles. The number of ether oxygens (including phenoxy) is 1. The second kappa shape index (κ2) is 8.64. The van der Waals surface area contributed by atoms with E-state index in [0.717, 1.165) is 10.6 Å². The molecule has 0 atom stereocenters. The lowest BCUT2D eigenvalue weighted by Crippen LogP contribution is -2.31. The van der Waals surface area contributed by atoms with Gasteiger partial charge in [0.15, 0.2) is 6.61 Å². The van der Waals surface area contributed by atoms with Crippen LogP contribution in [0.3, 0.4) is 0 Å². The summed E-state index contributed by atoms with van der Waals surface area (Å²) >= 11 is 1.49. The number of aromatic nitrogens is 2. The van der Waals surface area contributed by atoms with E-state index in [0.29, 0.717) is 23.7 Å². The number of carbonyl (C=O) groups excluding carboxylic acids is 2. The number of hydrogen-bond acceptors (Lipinski definition) is 5. The van der Waals surface area contributed by atoms with Gasteiger partial charge in [-0.2, -0.15) is 5.10 Å². The zero-order valence-electron chi connectivity index (χ0n) is 15.2. The lowest BCUT2D eigenvalue weighted by Gasteiger charge is -2.08. The first-order valence-corrected chi connectivity index (χ1v) is 9.55. The minimum atomic E-state index is -0.569. The number of carbonyl (C=O) groups is 2. The molecule has 0 aliphatic carbocycles. The van der Waals surface area contributed by atoms with Crippen molar-refractivity contribution in [2.75, 3.05) is 13.2 Å². The molecule has 0 fully saturated rings. The summed E-state index contributed by atoms with van der Waals surface area (Å²) in [6.07, 6.45) is 1.64. The number of nitrogens with zero attached hydrogens (tertiary/aromatic N) is 2. The monoisotopic (exact) mass is 383 g/mol. The van der Waals surface area contributed by atoms with Crippen LogP contribution in [0.4, 0.5) is 0 Å². The number of rotatable bonds is 7. The molecule has 0 spiro atoms. The second-order valence-corrected chi connectivity index (χ2v) is 7.37. The standard InChI is InChI=1S/C20H21N3O3S/c1-14(2)11-21-18(24)13-26-20(25)16-12-23(15-7-4-3-5-8-15)22-19(16)17-9-6-10-27-17/h3-10,12,14H,11,13H2,1-2H3,(H,21,24). The Hall–Kier alpha value is -2.93. The molecule has 3 aromatic rings. The Labute approximate surface area is 161 Å². The van der Waals surface area contributed by atoms with Crippen LogP contribution in [0, 0.1) is 5.92 Å². The first-order chi connectivity index (χ1) is 13.0. The van der Waals surface area contributed by atoms with Gasteiger partial charge in [-0.3, -0.25) is 4.79 Å². The molecule has 6 nitrogen and oxygen atoms in total. The Morgan fingerprint density at radius 3 is 2.63 bits per heavy atom. The highest BCUT2D eigenvalue weighted by Crippen LogP contribution is 2.28. The van der Waals surface area contributed by atoms with Gasteiger partial charge in [-0.15, -0.1) is 11.3 Å². The van der Waals surface area contributed by atoms with Crippen molar-refractivity contribution in [3.05, 3.63) is 59.6 Å². The SMILES string of the molecule is CC(C)CNC(=O)COC(=O)c1cn(-c2ccccc2)nc1-c1cccs1. The fraction of sp³-hybridized carbons (Fsp3) is 0.250. The molecule has 0 saturated carbocycles. The summed E-state index contributed by atoms with van der Waals surface area (Å²) in [4.78, 5) is 25.3. The predicted molar refractivity (Wildman–Crippen MR) is 105 cm³/mol. The van der Waals surface area contributed by atoms with Gasteiger partial charge >= 0.3 is 5.97 Å². The van der Waals surface area contributed by atoms with Crippen molar-refractivity contribution in [1.82, 2.24) is 15.1 Å². The number of hydrogen-bond donors (Lipinski definition) is 1. The third-order valence-electron chi connectivity index (χ3n) is 3.75. The average Bonchev–Trinajstić information content (AvgIpc) is 3.34. The van der Waals surface area contributed by atoms with Gasteiger partial charge in [0.2, 0.25) is 0 Å². The number of nitrogens with one attached hydrogen (secondary N) is 1. The van der Waals surface area contributed by atoms with Gasteiger partial charge in [0.1, 0.15) is 11.3 Å². The molecule has 140 valence electrons. The third kappa shape index (κ3) is 4.83. The fourth-order valence-electron chi connectivity index (χ4n) is 2.41. The molecule has 0 aliphatic heterocycles. The summed E-state index contributed by atoms with van der Waals surface area (Å²) in [6.45, 7) is 4.23. The van der Waals surface area contributed by atoms with E-state index in [9.17, 15) is 9.59 Å². The first-order valence-electron chi connectivity index (χ1n) is 8.67. The van der Waals surface area contributed by atoms with E-state index >= 15 is 0 Å². The highest BCUT2D eigenvalue weighted by atomic mass is 32.1. The number of para-hydroxylation sites is 1. The van der Waals surface area contributed by atoms with Gasteiger partial charge in [-0.1, -0.05) is 38.1 Å². The second-order valence-electron chi connectivity index (χ2n) is 6.42. The lowest BCUT2D eigenvalue weighted by atomic mass is 10.2. The topological polar surface area (TPSA) is 73.2 Å². The van der Waals surface area contributed by atoms with Crippen molar-refractivity contribution in [1.29, 1.82) is 0 Å². The molecule has 27 heavy (non-hydrogen) atoms. The summed E-state index contributed by atoms with van der Waals surface area (Å²) in [5.41, 5.74) is 1.71. The summed E-state index contributed by atoms with van der Waals surface area (Å²) < 4.78 is 6.85. The van der Waals surface area contributed by atoms with Gasteiger partial charge < -0.3 is 10.1 Å². The Bertz CT molecular complexity index is 902.